The molecule has 0 aliphatic rings. The Balaban J connectivity index is 2.70. The van der Waals surface area contributed by atoms with Gasteiger partial charge in [-0.3, -0.25) is 0 Å². The van der Waals surface area contributed by atoms with Crippen molar-refractivity contribution in [2.45, 2.75) is 20.5 Å². The molecule has 0 spiro atoms. The minimum absolute atomic E-state index is 0.425. The maximum Gasteiger partial charge on any atom is 0.158 e. The van der Waals surface area contributed by atoms with Crippen LogP contribution in [0.2, 0.25) is 0 Å². The number of nitrogens with one attached hydrogen (secondary N) is 2. The molecule has 0 unspecified atom stereocenters. The molecule has 0 fully saturated rings. The van der Waals surface area contributed by atoms with Gasteiger partial charge in [0.2, 0.25) is 0 Å². The van der Waals surface area contributed by atoms with Crippen molar-refractivity contribution in [1.82, 2.24) is 9.97 Å². The molecule has 18 heavy (non-hydrogen) atoms. The van der Waals surface area contributed by atoms with Crippen LogP contribution in [0, 0.1) is 0 Å². The molecule has 0 aliphatic heterocycles. The van der Waals surface area contributed by atoms with Crippen LogP contribution in [-0.4, -0.2) is 43.4 Å². The quantitative estimate of drug-likeness (QED) is 0.651. The third kappa shape index (κ3) is 5.29. The standard InChI is InChI=1S/C12H22N4O2/c1-4-13-10-8-11(14-6-7-17-3)16-12(15-10)9-18-5-2/h8H,4-7,9H2,1-3H3,(H2,13,14,15,16). The van der Waals surface area contributed by atoms with E-state index in [0.717, 1.165) is 18.2 Å². The van der Waals surface area contributed by atoms with Gasteiger partial charge in [0.1, 0.15) is 18.2 Å². The van der Waals surface area contributed by atoms with E-state index in [0.29, 0.717) is 32.2 Å². The minimum Gasteiger partial charge on any atom is -0.383 e. The Morgan fingerprint density at radius 1 is 1.17 bits per heavy atom. The summed E-state index contributed by atoms with van der Waals surface area (Å²) in [6, 6.07) is 1.88. The average molecular weight is 254 g/mol. The van der Waals surface area contributed by atoms with Gasteiger partial charge in [0, 0.05) is 32.9 Å². The molecule has 1 rings (SSSR count). The fourth-order valence-electron chi connectivity index (χ4n) is 1.40. The van der Waals surface area contributed by atoms with Crippen molar-refractivity contribution in [3.05, 3.63) is 11.9 Å². The van der Waals surface area contributed by atoms with E-state index in [1.807, 2.05) is 19.9 Å². The Morgan fingerprint density at radius 3 is 2.50 bits per heavy atom. The van der Waals surface area contributed by atoms with E-state index in [1.54, 1.807) is 7.11 Å². The monoisotopic (exact) mass is 254 g/mol. The molecular weight excluding hydrogens is 232 g/mol. The molecule has 1 aromatic rings. The van der Waals surface area contributed by atoms with Crippen LogP contribution in [0.4, 0.5) is 11.6 Å². The molecule has 0 bridgehead atoms. The van der Waals surface area contributed by atoms with Gasteiger partial charge in [0.15, 0.2) is 5.82 Å². The number of aromatic nitrogens is 2. The van der Waals surface area contributed by atoms with Gasteiger partial charge in [-0.15, -0.1) is 0 Å². The number of hydrogen-bond acceptors (Lipinski definition) is 6. The van der Waals surface area contributed by atoms with Crippen molar-refractivity contribution >= 4 is 11.6 Å². The maximum atomic E-state index is 5.33. The highest BCUT2D eigenvalue weighted by molar-refractivity contribution is 5.47. The Hall–Kier alpha value is -1.40. The van der Waals surface area contributed by atoms with Crippen LogP contribution >= 0.6 is 0 Å². The predicted molar refractivity (Wildman–Crippen MR) is 71.9 cm³/mol. The third-order valence-corrected chi connectivity index (χ3v) is 2.18. The van der Waals surface area contributed by atoms with E-state index in [4.69, 9.17) is 9.47 Å². The number of anilines is 2. The van der Waals surface area contributed by atoms with Crippen LogP contribution in [-0.2, 0) is 16.1 Å². The molecule has 102 valence electrons. The summed E-state index contributed by atoms with van der Waals surface area (Å²) < 4.78 is 10.3. The summed E-state index contributed by atoms with van der Waals surface area (Å²) in [5.41, 5.74) is 0. The normalized spacial score (nSPS) is 10.4. The summed E-state index contributed by atoms with van der Waals surface area (Å²) in [7, 11) is 1.67. The number of nitrogens with zero attached hydrogens (tertiary/aromatic N) is 2. The smallest absolute Gasteiger partial charge is 0.158 e. The lowest BCUT2D eigenvalue weighted by atomic mass is 10.4. The molecule has 1 heterocycles. The predicted octanol–water partition coefficient (Wildman–Crippen LogP) is 1.50. The summed E-state index contributed by atoms with van der Waals surface area (Å²) in [6.45, 7) is 7.24. The van der Waals surface area contributed by atoms with Gasteiger partial charge in [0.05, 0.1) is 6.61 Å². The van der Waals surface area contributed by atoms with Crippen molar-refractivity contribution in [2.24, 2.45) is 0 Å². The van der Waals surface area contributed by atoms with E-state index in [-0.39, 0.29) is 0 Å². The number of rotatable bonds is 9. The Morgan fingerprint density at radius 2 is 1.89 bits per heavy atom. The molecule has 0 aromatic carbocycles. The third-order valence-electron chi connectivity index (χ3n) is 2.18. The zero-order valence-corrected chi connectivity index (χ0v) is 11.3. The SMILES string of the molecule is CCNc1cc(NCCOC)nc(COCC)n1. The van der Waals surface area contributed by atoms with Gasteiger partial charge >= 0.3 is 0 Å². The average Bonchev–Trinajstić information content (AvgIpc) is 2.37. The molecule has 0 saturated carbocycles. The number of hydrogen-bond donors (Lipinski definition) is 2. The van der Waals surface area contributed by atoms with Gasteiger partial charge in [-0.05, 0) is 13.8 Å². The molecule has 0 radical (unpaired) electrons. The van der Waals surface area contributed by atoms with Crippen LogP contribution < -0.4 is 10.6 Å². The Bertz CT molecular complexity index is 347. The summed E-state index contributed by atoms with van der Waals surface area (Å²) in [5.74, 6) is 2.27. The minimum atomic E-state index is 0.425. The molecule has 2 N–H and O–H groups in total. The maximum absolute atomic E-state index is 5.33. The van der Waals surface area contributed by atoms with Crippen LogP contribution in [0.5, 0.6) is 0 Å². The van der Waals surface area contributed by atoms with Gasteiger partial charge in [-0.2, -0.15) is 0 Å². The number of ether oxygens (including phenoxy) is 2. The first-order valence-electron chi connectivity index (χ1n) is 6.22. The number of methoxy groups -OCH3 is 1. The zero-order valence-electron chi connectivity index (χ0n) is 11.3. The van der Waals surface area contributed by atoms with Crippen molar-refractivity contribution in [3.63, 3.8) is 0 Å². The molecule has 6 nitrogen and oxygen atoms in total. The second kappa shape index (κ2) is 8.66. The highest BCUT2D eigenvalue weighted by atomic mass is 16.5. The summed E-state index contributed by atoms with van der Waals surface area (Å²) in [4.78, 5) is 8.75. The second-order valence-electron chi connectivity index (χ2n) is 3.64. The first-order chi connectivity index (χ1) is 8.80. The molecular formula is C12H22N4O2. The molecule has 6 heteroatoms. The highest BCUT2D eigenvalue weighted by Crippen LogP contribution is 2.11. The van der Waals surface area contributed by atoms with Crippen molar-refractivity contribution < 1.29 is 9.47 Å². The first kappa shape index (κ1) is 14.7. The lowest BCUT2D eigenvalue weighted by Gasteiger charge is -2.10. The van der Waals surface area contributed by atoms with Gasteiger partial charge < -0.3 is 20.1 Å². The van der Waals surface area contributed by atoms with E-state index < -0.39 is 0 Å². The summed E-state index contributed by atoms with van der Waals surface area (Å²) in [6.07, 6.45) is 0. The van der Waals surface area contributed by atoms with E-state index in [1.165, 1.54) is 0 Å². The topological polar surface area (TPSA) is 68.3 Å². The summed E-state index contributed by atoms with van der Waals surface area (Å²) in [5, 5.41) is 6.37. The van der Waals surface area contributed by atoms with Crippen molar-refractivity contribution in [2.75, 3.05) is 44.0 Å². The molecule has 0 atom stereocenters. The largest absolute Gasteiger partial charge is 0.383 e. The van der Waals surface area contributed by atoms with Gasteiger partial charge in [-0.1, -0.05) is 0 Å². The Labute approximate surface area is 108 Å². The van der Waals surface area contributed by atoms with Crippen molar-refractivity contribution in [3.8, 4) is 0 Å². The van der Waals surface area contributed by atoms with Crippen LogP contribution in [0.25, 0.3) is 0 Å². The van der Waals surface area contributed by atoms with Crippen LogP contribution in [0.1, 0.15) is 19.7 Å². The lowest BCUT2D eigenvalue weighted by Crippen LogP contribution is -2.12. The molecule has 0 amide bonds. The zero-order chi connectivity index (χ0) is 13.2. The highest BCUT2D eigenvalue weighted by Gasteiger charge is 2.04. The molecule has 1 aromatic heterocycles. The van der Waals surface area contributed by atoms with Gasteiger partial charge in [-0.25, -0.2) is 9.97 Å². The van der Waals surface area contributed by atoms with Crippen LogP contribution in [0.3, 0.4) is 0 Å². The van der Waals surface area contributed by atoms with E-state index in [9.17, 15) is 0 Å². The molecule has 0 saturated heterocycles. The molecule has 0 aliphatic carbocycles. The lowest BCUT2D eigenvalue weighted by molar-refractivity contribution is 0.128. The summed E-state index contributed by atoms with van der Waals surface area (Å²) >= 11 is 0. The van der Waals surface area contributed by atoms with Gasteiger partial charge in [0.25, 0.3) is 0 Å². The Kier molecular flexibility index (Phi) is 7.05. The fraction of sp³-hybridized carbons (Fsp3) is 0.667. The first-order valence-corrected chi connectivity index (χ1v) is 6.22. The van der Waals surface area contributed by atoms with E-state index in [2.05, 4.69) is 20.6 Å². The van der Waals surface area contributed by atoms with E-state index >= 15 is 0 Å². The fourth-order valence-corrected chi connectivity index (χ4v) is 1.40. The van der Waals surface area contributed by atoms with Crippen molar-refractivity contribution in [1.29, 1.82) is 0 Å². The van der Waals surface area contributed by atoms with Crippen LogP contribution in [0.15, 0.2) is 6.07 Å². The second-order valence-corrected chi connectivity index (χ2v) is 3.64.